The van der Waals surface area contributed by atoms with E-state index >= 15 is 0 Å². The quantitative estimate of drug-likeness (QED) is 0.344. The van der Waals surface area contributed by atoms with Gasteiger partial charge in [-0.05, 0) is 36.4 Å². The van der Waals surface area contributed by atoms with E-state index < -0.39 is 21.9 Å². The van der Waals surface area contributed by atoms with Crippen molar-refractivity contribution in [3.05, 3.63) is 82.9 Å². The van der Waals surface area contributed by atoms with Crippen molar-refractivity contribution in [3.8, 4) is 17.2 Å². The molecule has 1 amide bonds. The minimum Gasteiger partial charge on any atom is -0.593 e. The van der Waals surface area contributed by atoms with Gasteiger partial charge in [0.2, 0.25) is 0 Å². The van der Waals surface area contributed by atoms with Crippen molar-refractivity contribution in [1.82, 2.24) is 23.7 Å². The molecule has 0 bridgehead atoms. The number of rotatable bonds is 6. The normalized spacial score (nSPS) is 15.7. The summed E-state index contributed by atoms with van der Waals surface area (Å²) in [5, 5.41) is 0. The second-order valence-corrected chi connectivity index (χ2v) is 10.4. The van der Waals surface area contributed by atoms with Gasteiger partial charge >= 0.3 is 0 Å². The summed E-state index contributed by atoms with van der Waals surface area (Å²) in [6.07, 6.45) is 1.54. The molecule has 0 saturated carbocycles. The smallest absolute Gasteiger partial charge is 0.288 e. The van der Waals surface area contributed by atoms with Gasteiger partial charge in [-0.1, -0.05) is 22.4 Å². The lowest BCUT2D eigenvalue weighted by atomic mass is 10.2. The maximum atomic E-state index is 13.6. The number of carbonyl (C=O) groups is 1. The highest BCUT2D eigenvalue weighted by Crippen LogP contribution is 2.27. The van der Waals surface area contributed by atoms with Gasteiger partial charge in [0.05, 0.1) is 33.0 Å². The lowest BCUT2D eigenvalue weighted by Gasteiger charge is -2.35. The summed E-state index contributed by atoms with van der Waals surface area (Å²) in [4.78, 5) is 37.4. The van der Waals surface area contributed by atoms with Gasteiger partial charge < -0.3 is 18.9 Å². The highest BCUT2D eigenvalue weighted by molar-refractivity contribution is 7.95. The fourth-order valence-corrected chi connectivity index (χ4v) is 5.85. The fourth-order valence-electron chi connectivity index (χ4n) is 4.39. The summed E-state index contributed by atoms with van der Waals surface area (Å²) < 4.78 is 39.5. The molecule has 1 atom stereocenters. The van der Waals surface area contributed by atoms with Gasteiger partial charge in [0.25, 0.3) is 11.5 Å². The van der Waals surface area contributed by atoms with Gasteiger partial charge in [-0.2, -0.15) is 0 Å². The van der Waals surface area contributed by atoms with Crippen LogP contribution in [0, 0.1) is 0 Å². The van der Waals surface area contributed by atoms with Crippen LogP contribution in [0.4, 0.5) is 0 Å². The molecule has 1 aliphatic heterocycles. The van der Waals surface area contributed by atoms with Crippen molar-refractivity contribution in [2.45, 2.75) is 4.90 Å². The van der Waals surface area contributed by atoms with Crippen LogP contribution in [0.5, 0.6) is 11.5 Å². The van der Waals surface area contributed by atoms with E-state index in [1.54, 1.807) is 54.7 Å². The van der Waals surface area contributed by atoms with E-state index in [-0.39, 0.29) is 42.4 Å². The number of ether oxygens (including phenoxy) is 2. The molecule has 4 aromatic rings. The van der Waals surface area contributed by atoms with E-state index in [1.165, 1.54) is 40.1 Å². The number of fused-ring (bicyclic) bond motifs is 1. The van der Waals surface area contributed by atoms with Crippen LogP contribution < -0.4 is 15.0 Å². The molecule has 1 fully saturated rings. The van der Waals surface area contributed by atoms with Crippen LogP contribution in [0.25, 0.3) is 16.9 Å². The Labute approximate surface area is 219 Å². The minimum absolute atomic E-state index is 0.0706. The Morgan fingerprint density at radius 1 is 0.974 bits per heavy atom. The zero-order valence-electron chi connectivity index (χ0n) is 20.8. The van der Waals surface area contributed by atoms with Crippen molar-refractivity contribution in [3.63, 3.8) is 0 Å². The Balaban J connectivity index is 1.45. The van der Waals surface area contributed by atoms with E-state index in [4.69, 9.17) is 9.47 Å². The molecule has 11 nitrogen and oxygen atoms in total. The maximum absolute atomic E-state index is 13.6. The third kappa shape index (κ3) is 4.53. The van der Waals surface area contributed by atoms with Gasteiger partial charge in [0.15, 0.2) is 26.6 Å². The maximum Gasteiger partial charge on any atom is 0.288 e. The molecule has 12 heteroatoms. The Hall–Kier alpha value is -4.13. The van der Waals surface area contributed by atoms with Gasteiger partial charge in [0, 0.05) is 25.4 Å². The Morgan fingerprint density at radius 2 is 1.74 bits per heavy atom. The van der Waals surface area contributed by atoms with Gasteiger partial charge in [-0.25, -0.2) is 9.97 Å². The number of amides is 1. The predicted molar refractivity (Wildman–Crippen MR) is 139 cm³/mol. The molecule has 3 heterocycles. The van der Waals surface area contributed by atoms with Crippen LogP contribution >= 0.6 is 0 Å². The first kappa shape index (κ1) is 25.5. The Kier molecular flexibility index (Phi) is 6.93. The third-order valence-electron chi connectivity index (χ3n) is 6.35. The molecule has 2 aromatic heterocycles. The summed E-state index contributed by atoms with van der Waals surface area (Å²) >= 11 is 0. The summed E-state index contributed by atoms with van der Waals surface area (Å²) in [7, 11) is -0.825. The summed E-state index contributed by atoms with van der Waals surface area (Å²) in [6.45, 7) is 0.341. The van der Waals surface area contributed by atoms with Gasteiger partial charge in [0.1, 0.15) is 17.0 Å². The topological polar surface area (TPSA) is 130 Å². The van der Waals surface area contributed by atoms with Crippen LogP contribution in [-0.2, 0) is 14.6 Å². The average Bonchev–Trinajstić information content (AvgIpc) is 2.96. The molecule has 0 N–H and O–H groups in total. The van der Waals surface area contributed by atoms with E-state index in [0.717, 1.165) is 0 Å². The van der Waals surface area contributed by atoms with Crippen molar-refractivity contribution in [2.75, 3.05) is 40.4 Å². The van der Waals surface area contributed by atoms with E-state index in [1.807, 2.05) is 0 Å². The lowest BCUT2D eigenvalue weighted by Crippen LogP contribution is -2.53. The van der Waals surface area contributed by atoms with Crippen molar-refractivity contribution in [2.24, 2.45) is 0 Å². The molecule has 2 aromatic carbocycles. The SMILES string of the molecule is COc1cccc([S+](=O)([O-])N2CCN(C(=O)c3nc4cccnc4n(-c4ccccc4OC)c3=O)CC2)c1. The van der Waals surface area contributed by atoms with Crippen molar-refractivity contribution < 1.29 is 23.0 Å². The summed E-state index contributed by atoms with van der Waals surface area (Å²) in [6, 6.07) is 16.5. The first-order valence-electron chi connectivity index (χ1n) is 11.8. The standard InChI is InChI=1S/C26H25N5O6S/c1-36-18-7-5-8-19(17-18)38(34,35)30-15-13-29(14-16-30)25(32)23-26(33)31(21-10-3-4-11-22(21)37-2)24-20(28-23)9-6-12-27-24/h3-12,17H,13-16H2,1-2H3. The third-order valence-corrected chi connectivity index (χ3v) is 8.24. The largest absolute Gasteiger partial charge is 0.593 e. The number of methoxy groups -OCH3 is 2. The molecule has 0 aliphatic carbocycles. The Bertz CT molecular complexity index is 1620. The fraction of sp³-hybridized carbons (Fsp3) is 0.231. The Morgan fingerprint density at radius 3 is 2.47 bits per heavy atom. The molecular formula is C26H25N5O6S. The molecule has 38 heavy (non-hydrogen) atoms. The second kappa shape index (κ2) is 10.3. The molecule has 5 rings (SSSR count). The van der Waals surface area contributed by atoms with Crippen molar-refractivity contribution in [1.29, 1.82) is 0 Å². The minimum atomic E-state index is -3.78. The van der Waals surface area contributed by atoms with Gasteiger partial charge in [-0.3, -0.25) is 14.2 Å². The number of piperazine rings is 1. The molecule has 1 saturated heterocycles. The second-order valence-electron chi connectivity index (χ2n) is 8.49. The first-order chi connectivity index (χ1) is 18.3. The zero-order chi connectivity index (χ0) is 26.9. The number of hydrogen-bond donors (Lipinski definition) is 0. The molecule has 1 unspecified atom stereocenters. The number of nitrogens with zero attached hydrogens (tertiary/aromatic N) is 5. The van der Waals surface area contributed by atoms with Crippen LogP contribution in [0.1, 0.15) is 10.5 Å². The number of aromatic nitrogens is 3. The van der Waals surface area contributed by atoms with Crippen LogP contribution in [0.15, 0.2) is 76.6 Å². The number of benzene rings is 2. The highest BCUT2D eigenvalue weighted by atomic mass is 32.3. The number of pyridine rings is 1. The lowest BCUT2D eigenvalue weighted by molar-refractivity contribution is 0.0685. The molecule has 0 spiro atoms. The summed E-state index contributed by atoms with van der Waals surface area (Å²) in [5.74, 6) is 0.286. The van der Waals surface area contributed by atoms with Crippen molar-refractivity contribution >= 4 is 27.5 Å². The molecular weight excluding hydrogens is 510 g/mol. The molecule has 0 radical (unpaired) electrons. The van der Waals surface area contributed by atoms with Crippen LogP contribution in [0.3, 0.4) is 0 Å². The highest BCUT2D eigenvalue weighted by Gasteiger charge is 2.36. The van der Waals surface area contributed by atoms with E-state index in [2.05, 4.69) is 9.97 Å². The number of carbonyl (C=O) groups excluding carboxylic acids is 1. The van der Waals surface area contributed by atoms with Crippen LogP contribution in [-0.4, -0.2) is 74.6 Å². The monoisotopic (exact) mass is 535 g/mol. The number of para-hydroxylation sites is 2. The summed E-state index contributed by atoms with van der Waals surface area (Å²) in [5.41, 5.74) is 0.153. The molecule has 196 valence electrons. The van der Waals surface area contributed by atoms with E-state index in [0.29, 0.717) is 22.7 Å². The van der Waals surface area contributed by atoms with Gasteiger partial charge in [-0.15, -0.1) is 4.31 Å². The number of hydrogen-bond acceptors (Lipinski definition) is 8. The zero-order valence-corrected chi connectivity index (χ0v) is 21.6. The average molecular weight is 536 g/mol. The number of sulfonamides is 1. The van der Waals surface area contributed by atoms with E-state index in [9.17, 15) is 18.4 Å². The molecule has 1 aliphatic rings. The van der Waals surface area contributed by atoms with Crippen LogP contribution in [0.2, 0.25) is 0 Å². The predicted octanol–water partition coefficient (Wildman–Crippen LogP) is 2.16. The first-order valence-corrected chi connectivity index (χ1v) is 13.2.